The van der Waals surface area contributed by atoms with E-state index >= 15 is 0 Å². The second-order valence-corrected chi connectivity index (χ2v) is 7.26. The van der Waals surface area contributed by atoms with E-state index < -0.39 is 5.97 Å². The summed E-state index contributed by atoms with van der Waals surface area (Å²) in [6.45, 7) is 1.86. The molecule has 1 spiro atoms. The van der Waals surface area contributed by atoms with Gasteiger partial charge in [0.05, 0.1) is 26.0 Å². The third kappa shape index (κ3) is 2.67. The number of aliphatic hydroxyl groups is 1. The Morgan fingerprint density at radius 2 is 2.07 bits per heavy atom. The van der Waals surface area contributed by atoms with Crippen LogP contribution >= 0.6 is 0 Å². The van der Waals surface area contributed by atoms with Crippen molar-refractivity contribution in [3.8, 4) is 17.0 Å². The smallest absolute Gasteiger partial charge is 0.343 e. The highest BCUT2D eigenvalue weighted by Crippen LogP contribution is 2.49. The molecule has 2 heterocycles. The number of hydrogen-bond acceptors (Lipinski definition) is 5. The molecule has 1 aromatic carbocycles. The number of benzene rings is 1. The lowest BCUT2D eigenvalue weighted by Gasteiger charge is -2.49. The fourth-order valence-corrected chi connectivity index (χ4v) is 4.31. The topological polar surface area (TPSA) is 77.8 Å². The van der Waals surface area contributed by atoms with Crippen LogP contribution in [0.5, 0.6) is 5.75 Å². The molecule has 1 fully saturated rings. The van der Waals surface area contributed by atoms with Gasteiger partial charge in [-0.3, -0.25) is 4.79 Å². The molecule has 1 aliphatic carbocycles. The molecule has 0 saturated heterocycles. The van der Waals surface area contributed by atoms with Gasteiger partial charge in [0, 0.05) is 28.9 Å². The highest BCUT2D eigenvalue weighted by atomic mass is 16.5. The van der Waals surface area contributed by atoms with E-state index in [1.807, 2.05) is 12.1 Å². The molecule has 2 aromatic rings. The Bertz CT molecular complexity index is 971. The molecule has 2 aliphatic rings. The van der Waals surface area contributed by atoms with Gasteiger partial charge in [-0.05, 0) is 50.3 Å². The predicted octanol–water partition coefficient (Wildman–Crippen LogP) is 2.63. The molecule has 6 heteroatoms. The largest absolute Gasteiger partial charge is 0.496 e. The van der Waals surface area contributed by atoms with Gasteiger partial charge in [-0.2, -0.15) is 0 Å². The average Bonchev–Trinajstić information content (AvgIpc) is 2.64. The summed E-state index contributed by atoms with van der Waals surface area (Å²) in [5.74, 6) is 0.0144. The summed E-state index contributed by atoms with van der Waals surface area (Å²) < 4.78 is 12.6. The van der Waals surface area contributed by atoms with E-state index in [0.29, 0.717) is 5.75 Å². The zero-order chi connectivity index (χ0) is 19.2. The van der Waals surface area contributed by atoms with Crippen molar-refractivity contribution >= 4 is 5.97 Å². The van der Waals surface area contributed by atoms with Gasteiger partial charge in [-0.25, -0.2) is 4.79 Å². The summed E-state index contributed by atoms with van der Waals surface area (Å²) in [4.78, 5) is 24.8. The van der Waals surface area contributed by atoms with Crippen LogP contribution in [0, 0.1) is 0 Å². The minimum absolute atomic E-state index is 0.0780. The van der Waals surface area contributed by atoms with E-state index in [0.717, 1.165) is 48.1 Å². The number of carbonyl (C=O) groups is 1. The highest BCUT2D eigenvalue weighted by molar-refractivity contribution is 5.89. The van der Waals surface area contributed by atoms with Gasteiger partial charge in [-0.1, -0.05) is 0 Å². The number of methoxy groups -OCH3 is 1. The minimum atomic E-state index is -0.578. The van der Waals surface area contributed by atoms with Gasteiger partial charge in [0.2, 0.25) is 0 Å². The van der Waals surface area contributed by atoms with Crippen LogP contribution in [0.2, 0.25) is 0 Å². The monoisotopic (exact) mass is 369 g/mol. The number of hydrogen-bond donors (Lipinski definition) is 1. The van der Waals surface area contributed by atoms with Crippen molar-refractivity contribution < 1.29 is 19.4 Å². The lowest BCUT2D eigenvalue weighted by molar-refractivity contribution is 0.0521. The number of aliphatic hydroxyl groups excluding tert-OH is 1. The molecule has 1 N–H and O–H groups in total. The van der Waals surface area contributed by atoms with Gasteiger partial charge in [0.25, 0.3) is 0 Å². The number of carbonyl (C=O) groups excluding carboxylic acids is 1. The summed E-state index contributed by atoms with van der Waals surface area (Å²) in [5, 5.41) is 9.65. The average molecular weight is 369 g/mol. The predicted molar refractivity (Wildman–Crippen MR) is 100 cm³/mol. The maximum Gasteiger partial charge on any atom is 0.343 e. The summed E-state index contributed by atoms with van der Waals surface area (Å²) in [6, 6.07) is 5.38. The molecule has 4 rings (SSSR count). The van der Waals surface area contributed by atoms with E-state index in [1.165, 1.54) is 6.07 Å². The van der Waals surface area contributed by atoms with Crippen LogP contribution in [0.4, 0.5) is 0 Å². The maximum absolute atomic E-state index is 12.6. The first-order chi connectivity index (χ1) is 13.0. The first kappa shape index (κ1) is 17.8. The van der Waals surface area contributed by atoms with Crippen LogP contribution in [-0.4, -0.2) is 29.4 Å². The molecule has 0 unspecified atom stereocenters. The van der Waals surface area contributed by atoms with Crippen LogP contribution in [-0.2, 0) is 23.3 Å². The number of aromatic nitrogens is 1. The Morgan fingerprint density at radius 1 is 1.30 bits per heavy atom. The van der Waals surface area contributed by atoms with E-state index in [-0.39, 0.29) is 29.7 Å². The van der Waals surface area contributed by atoms with Crippen LogP contribution < -0.4 is 10.2 Å². The summed E-state index contributed by atoms with van der Waals surface area (Å²) >= 11 is 0. The van der Waals surface area contributed by atoms with E-state index in [4.69, 9.17) is 9.47 Å². The number of fused-ring (bicyclic) bond motifs is 4. The van der Waals surface area contributed by atoms with Gasteiger partial charge in [-0.15, -0.1) is 0 Å². The molecule has 142 valence electrons. The quantitative estimate of drug-likeness (QED) is 0.839. The van der Waals surface area contributed by atoms with Crippen LogP contribution in [0.3, 0.4) is 0 Å². The lowest BCUT2D eigenvalue weighted by Crippen LogP contribution is -2.46. The van der Waals surface area contributed by atoms with Crippen molar-refractivity contribution in [3.05, 3.63) is 51.3 Å². The van der Waals surface area contributed by atoms with Crippen LogP contribution in [0.25, 0.3) is 11.3 Å². The maximum atomic E-state index is 12.6. The fraction of sp³-hybridized carbons (Fsp3) is 0.429. The fourth-order valence-electron chi connectivity index (χ4n) is 4.31. The zero-order valence-electron chi connectivity index (χ0n) is 15.6. The Morgan fingerprint density at radius 3 is 2.67 bits per heavy atom. The standard InChI is InChI=1S/C21H23NO5/c1-3-27-20(25)16-11-22-17(9-18(16)24)15-8-19(26-2)14(12-23)7-13(15)10-21(22)5-4-6-21/h7-9,11,23H,3-6,10,12H2,1-2H3. The second kappa shape index (κ2) is 6.53. The first-order valence-corrected chi connectivity index (χ1v) is 9.28. The number of nitrogens with zero attached hydrogens (tertiary/aromatic N) is 1. The summed E-state index contributed by atoms with van der Waals surface area (Å²) in [7, 11) is 1.56. The van der Waals surface area contributed by atoms with Crippen molar-refractivity contribution in [1.82, 2.24) is 4.57 Å². The minimum Gasteiger partial charge on any atom is -0.496 e. The van der Waals surface area contributed by atoms with Crippen molar-refractivity contribution in [3.63, 3.8) is 0 Å². The van der Waals surface area contributed by atoms with E-state index in [2.05, 4.69) is 4.57 Å². The Kier molecular flexibility index (Phi) is 4.30. The molecule has 1 saturated carbocycles. The second-order valence-electron chi connectivity index (χ2n) is 7.26. The molecule has 0 atom stereocenters. The number of ether oxygens (including phenoxy) is 2. The normalized spacial score (nSPS) is 16.3. The Balaban J connectivity index is 1.94. The van der Waals surface area contributed by atoms with Gasteiger partial charge in [0.1, 0.15) is 11.3 Å². The van der Waals surface area contributed by atoms with E-state index in [1.54, 1.807) is 20.2 Å². The third-order valence-corrected chi connectivity index (χ3v) is 5.81. The van der Waals surface area contributed by atoms with Gasteiger partial charge < -0.3 is 19.1 Å². The van der Waals surface area contributed by atoms with Crippen molar-refractivity contribution in [1.29, 1.82) is 0 Å². The van der Waals surface area contributed by atoms with Crippen LogP contribution in [0.15, 0.2) is 29.2 Å². The molecule has 6 nitrogen and oxygen atoms in total. The molecule has 27 heavy (non-hydrogen) atoms. The summed E-state index contributed by atoms with van der Waals surface area (Å²) in [6.07, 6.45) is 5.57. The molecule has 0 radical (unpaired) electrons. The van der Waals surface area contributed by atoms with Crippen LogP contribution in [0.1, 0.15) is 47.7 Å². The molecule has 0 bridgehead atoms. The third-order valence-electron chi connectivity index (χ3n) is 5.81. The molecule has 1 aromatic heterocycles. The number of rotatable bonds is 4. The van der Waals surface area contributed by atoms with Crippen molar-refractivity contribution in [2.45, 2.75) is 44.8 Å². The van der Waals surface area contributed by atoms with Crippen molar-refractivity contribution in [2.75, 3.05) is 13.7 Å². The molecular weight excluding hydrogens is 346 g/mol. The van der Waals surface area contributed by atoms with Gasteiger partial charge >= 0.3 is 5.97 Å². The Labute approximate surface area is 157 Å². The molecule has 0 amide bonds. The van der Waals surface area contributed by atoms with Crippen molar-refractivity contribution in [2.24, 2.45) is 0 Å². The molecular formula is C21H23NO5. The number of esters is 1. The summed E-state index contributed by atoms with van der Waals surface area (Å²) in [5.41, 5.74) is 3.15. The highest BCUT2D eigenvalue weighted by Gasteiger charge is 2.43. The number of pyridine rings is 1. The first-order valence-electron chi connectivity index (χ1n) is 9.28. The molecule has 1 aliphatic heterocycles. The van der Waals surface area contributed by atoms with E-state index in [9.17, 15) is 14.7 Å². The Hall–Kier alpha value is -2.60. The zero-order valence-corrected chi connectivity index (χ0v) is 15.6. The lowest BCUT2D eigenvalue weighted by atomic mass is 9.69. The van der Waals surface area contributed by atoms with Gasteiger partial charge in [0.15, 0.2) is 5.43 Å². The SMILES string of the molecule is CCOC(=O)c1cn2c(cc1=O)-c1cc(OC)c(CO)cc1CC21CCC1.